The normalized spacial score (nSPS) is 9.87. The van der Waals surface area contributed by atoms with Gasteiger partial charge >= 0.3 is 5.97 Å². The molecule has 30 heavy (non-hydrogen) atoms. The van der Waals surface area contributed by atoms with Gasteiger partial charge < -0.3 is 15.8 Å². The third-order valence-corrected chi connectivity index (χ3v) is 3.97. The minimum Gasteiger partial charge on any atom is -0.465 e. The molecule has 0 saturated carbocycles. The number of nitrogens with one attached hydrogen (secondary N) is 1. The maximum atomic E-state index is 11.8. The Morgan fingerprint density at radius 1 is 1.30 bits per heavy atom. The first-order chi connectivity index (χ1) is 14.6. The lowest BCUT2D eigenvalue weighted by atomic mass is 10.1. The second-order valence-electron chi connectivity index (χ2n) is 5.73. The minimum atomic E-state index is -0.456. The summed E-state index contributed by atoms with van der Waals surface area (Å²) in [4.78, 5) is 33.6. The molecule has 3 aromatic rings. The van der Waals surface area contributed by atoms with E-state index in [1.54, 1.807) is 49.8 Å². The Kier molecular flexibility index (Phi) is 7.86. The number of carbonyl (C=O) groups excluding carboxylic acids is 2. The van der Waals surface area contributed by atoms with Crippen LogP contribution in [0.1, 0.15) is 29.8 Å². The Bertz CT molecular complexity index is 990. The molecule has 0 aliphatic heterocycles. The lowest BCUT2D eigenvalue weighted by Gasteiger charge is -2.21. The van der Waals surface area contributed by atoms with E-state index in [0.717, 1.165) is 5.56 Å². The van der Waals surface area contributed by atoms with Crippen molar-refractivity contribution in [3.63, 3.8) is 0 Å². The van der Waals surface area contributed by atoms with E-state index in [1.165, 1.54) is 16.7 Å². The molecule has 158 valence electrons. The molecule has 0 aliphatic carbocycles. The lowest BCUT2D eigenvalue weighted by molar-refractivity contribution is -0.107. The van der Waals surface area contributed by atoms with Gasteiger partial charge in [-0.1, -0.05) is 26.0 Å². The largest absolute Gasteiger partial charge is 0.465 e. The van der Waals surface area contributed by atoms with Crippen molar-refractivity contribution in [3.05, 3.63) is 53.9 Å². The molecule has 10 nitrogen and oxygen atoms in total. The van der Waals surface area contributed by atoms with Crippen LogP contribution in [-0.2, 0) is 16.1 Å². The highest BCUT2D eigenvalue weighted by Crippen LogP contribution is 2.29. The molecule has 0 aliphatic rings. The van der Waals surface area contributed by atoms with E-state index in [4.69, 9.17) is 10.5 Å². The Hall–Kier alpha value is -3.95. The standard InChI is InChI=1S/C18H19N7O3.C2H6/c1-20-14-15(19)22-18(25-8-4-7-21-25)23-16(14)24(11-26)10-12-5-3-6-13(9-12)17(27)28-2;1-2/h3-9,11,20H,10H2,1-2H3,(H2,19,22,23);1-2H3. The van der Waals surface area contributed by atoms with Crippen LogP contribution in [0.25, 0.3) is 5.95 Å². The van der Waals surface area contributed by atoms with Crippen LogP contribution in [0.2, 0.25) is 0 Å². The number of nitrogens with zero attached hydrogens (tertiary/aromatic N) is 5. The first-order valence-electron chi connectivity index (χ1n) is 9.31. The molecule has 0 spiro atoms. The molecular weight excluding hydrogens is 386 g/mol. The topological polar surface area (TPSA) is 128 Å². The highest BCUT2D eigenvalue weighted by molar-refractivity contribution is 5.90. The summed E-state index contributed by atoms with van der Waals surface area (Å²) < 4.78 is 6.18. The molecule has 1 aromatic carbocycles. The average molecular weight is 411 g/mol. The summed E-state index contributed by atoms with van der Waals surface area (Å²) >= 11 is 0. The van der Waals surface area contributed by atoms with Crippen molar-refractivity contribution in [1.82, 2.24) is 19.7 Å². The first kappa shape index (κ1) is 22.3. The van der Waals surface area contributed by atoms with E-state index in [2.05, 4.69) is 20.4 Å². The number of hydrogen-bond acceptors (Lipinski definition) is 8. The van der Waals surface area contributed by atoms with Gasteiger partial charge in [0.05, 0.1) is 19.2 Å². The van der Waals surface area contributed by atoms with E-state index in [1.807, 2.05) is 13.8 Å². The fourth-order valence-electron chi connectivity index (χ4n) is 2.66. The highest BCUT2D eigenvalue weighted by Gasteiger charge is 2.19. The second kappa shape index (κ2) is 10.6. The number of nitrogens with two attached hydrogens (primary N) is 1. The van der Waals surface area contributed by atoms with E-state index in [-0.39, 0.29) is 18.3 Å². The molecule has 0 bridgehead atoms. The van der Waals surface area contributed by atoms with Gasteiger partial charge in [-0.2, -0.15) is 15.1 Å². The van der Waals surface area contributed by atoms with Crippen molar-refractivity contribution in [2.45, 2.75) is 20.4 Å². The van der Waals surface area contributed by atoms with Crippen molar-refractivity contribution in [2.24, 2.45) is 0 Å². The molecule has 0 radical (unpaired) electrons. The predicted molar refractivity (Wildman–Crippen MR) is 114 cm³/mol. The first-order valence-corrected chi connectivity index (χ1v) is 9.31. The molecule has 0 saturated heterocycles. The van der Waals surface area contributed by atoms with Crippen molar-refractivity contribution >= 4 is 29.7 Å². The maximum absolute atomic E-state index is 11.8. The van der Waals surface area contributed by atoms with E-state index in [0.29, 0.717) is 23.5 Å². The second-order valence-corrected chi connectivity index (χ2v) is 5.73. The lowest BCUT2D eigenvalue weighted by Crippen LogP contribution is -2.24. The van der Waals surface area contributed by atoms with Crippen LogP contribution in [0.5, 0.6) is 0 Å². The fraction of sp³-hybridized carbons (Fsp3) is 0.250. The van der Waals surface area contributed by atoms with Crippen molar-refractivity contribution < 1.29 is 14.3 Å². The Balaban J connectivity index is 0.00000155. The molecule has 3 N–H and O–H groups in total. The number of esters is 1. The number of benzene rings is 1. The Labute approximate surface area is 174 Å². The third-order valence-electron chi connectivity index (χ3n) is 3.97. The number of anilines is 3. The molecular formula is C20H25N7O3. The summed E-state index contributed by atoms with van der Waals surface area (Å²) in [5, 5.41) is 7.01. The van der Waals surface area contributed by atoms with Gasteiger partial charge in [-0.15, -0.1) is 0 Å². The van der Waals surface area contributed by atoms with Gasteiger partial charge in [-0.25, -0.2) is 9.48 Å². The predicted octanol–water partition coefficient (Wildman–Crippen LogP) is 2.26. The van der Waals surface area contributed by atoms with Crippen molar-refractivity contribution in [1.29, 1.82) is 0 Å². The van der Waals surface area contributed by atoms with Gasteiger partial charge in [0.25, 0.3) is 5.95 Å². The summed E-state index contributed by atoms with van der Waals surface area (Å²) in [5.74, 6) is 0.237. The van der Waals surface area contributed by atoms with E-state index >= 15 is 0 Å². The number of ether oxygens (including phenoxy) is 1. The zero-order valence-electron chi connectivity index (χ0n) is 17.4. The summed E-state index contributed by atoms with van der Waals surface area (Å²) in [5.41, 5.74) is 7.56. The number of methoxy groups -OCH3 is 1. The quantitative estimate of drug-likeness (QED) is 0.447. The SMILES string of the molecule is CC.CNc1c(N)nc(-n2cccn2)nc1N(C=O)Cc1cccc(C(=O)OC)c1. The summed E-state index contributed by atoms with van der Waals surface area (Å²) in [7, 11) is 2.97. The van der Waals surface area contributed by atoms with Crippen LogP contribution in [0.4, 0.5) is 17.3 Å². The smallest absolute Gasteiger partial charge is 0.337 e. The number of nitrogen functional groups attached to an aromatic ring is 1. The van der Waals surface area contributed by atoms with Gasteiger partial charge in [0.15, 0.2) is 11.6 Å². The third kappa shape index (κ3) is 4.90. The maximum Gasteiger partial charge on any atom is 0.337 e. The van der Waals surface area contributed by atoms with Crippen LogP contribution in [0.3, 0.4) is 0 Å². The molecule has 0 fully saturated rings. The summed E-state index contributed by atoms with van der Waals surface area (Å²) in [6.45, 7) is 4.16. The molecule has 0 atom stereocenters. The van der Waals surface area contributed by atoms with Crippen LogP contribution in [0.15, 0.2) is 42.7 Å². The number of hydrogen-bond donors (Lipinski definition) is 2. The van der Waals surface area contributed by atoms with Crippen LogP contribution < -0.4 is 16.0 Å². The number of amides is 1. The molecule has 1 amide bonds. The average Bonchev–Trinajstić information content (AvgIpc) is 3.33. The Morgan fingerprint density at radius 3 is 2.67 bits per heavy atom. The highest BCUT2D eigenvalue weighted by atomic mass is 16.5. The van der Waals surface area contributed by atoms with Gasteiger partial charge in [0.1, 0.15) is 5.69 Å². The minimum absolute atomic E-state index is 0.165. The molecule has 10 heteroatoms. The molecule has 3 rings (SSSR count). The van der Waals surface area contributed by atoms with Gasteiger partial charge in [-0.3, -0.25) is 9.69 Å². The number of aromatic nitrogens is 4. The summed E-state index contributed by atoms with van der Waals surface area (Å²) in [6, 6.07) is 8.52. The number of rotatable bonds is 7. The van der Waals surface area contributed by atoms with E-state index in [9.17, 15) is 9.59 Å². The molecule has 2 heterocycles. The monoisotopic (exact) mass is 411 g/mol. The van der Waals surface area contributed by atoms with Crippen LogP contribution >= 0.6 is 0 Å². The van der Waals surface area contributed by atoms with E-state index < -0.39 is 5.97 Å². The van der Waals surface area contributed by atoms with Gasteiger partial charge in [0, 0.05) is 19.4 Å². The molecule has 2 aromatic heterocycles. The van der Waals surface area contributed by atoms with Crippen LogP contribution in [-0.4, -0.2) is 46.3 Å². The van der Waals surface area contributed by atoms with Gasteiger partial charge in [-0.05, 0) is 23.8 Å². The zero-order chi connectivity index (χ0) is 22.1. The Morgan fingerprint density at radius 2 is 2.07 bits per heavy atom. The van der Waals surface area contributed by atoms with Crippen molar-refractivity contribution in [2.75, 3.05) is 30.1 Å². The van der Waals surface area contributed by atoms with Crippen LogP contribution in [0, 0.1) is 0 Å². The summed E-state index contributed by atoms with van der Waals surface area (Å²) in [6.07, 6.45) is 3.89. The van der Waals surface area contributed by atoms with Crippen molar-refractivity contribution in [3.8, 4) is 5.95 Å². The molecule has 0 unspecified atom stereocenters. The number of carbonyl (C=O) groups is 2. The zero-order valence-corrected chi connectivity index (χ0v) is 17.4. The van der Waals surface area contributed by atoms with Gasteiger partial charge in [0.2, 0.25) is 6.41 Å². The fourth-order valence-corrected chi connectivity index (χ4v) is 2.66.